The molecule has 0 aromatic heterocycles. The second kappa shape index (κ2) is 6.18. The van der Waals surface area contributed by atoms with Crippen molar-refractivity contribution in [3.63, 3.8) is 0 Å². The van der Waals surface area contributed by atoms with Crippen LogP contribution in [-0.4, -0.2) is 35.1 Å². The average Bonchev–Trinajstić information content (AvgIpc) is 2.27. The van der Waals surface area contributed by atoms with Crippen LogP contribution in [0.15, 0.2) is 11.8 Å². The highest BCUT2D eigenvalue weighted by atomic mass is 32.1. The summed E-state index contributed by atoms with van der Waals surface area (Å²) >= 11 is 4.76. The Bertz CT molecular complexity index is 339. The lowest BCUT2D eigenvalue weighted by molar-refractivity contribution is 0.0194. The van der Waals surface area contributed by atoms with E-state index in [1.807, 2.05) is 20.8 Å². The van der Waals surface area contributed by atoms with E-state index in [1.165, 1.54) is 5.37 Å². The Morgan fingerprint density at radius 3 is 2.39 bits per heavy atom. The Morgan fingerprint density at radius 1 is 1.39 bits per heavy atom. The van der Waals surface area contributed by atoms with Gasteiger partial charge < -0.3 is 15.4 Å². The zero-order chi connectivity index (χ0) is 13.8. The van der Waals surface area contributed by atoms with E-state index in [1.54, 1.807) is 11.0 Å². The maximum Gasteiger partial charge on any atom is 0.410 e. The van der Waals surface area contributed by atoms with E-state index >= 15 is 0 Å². The molecule has 0 atom stereocenters. The monoisotopic (exact) mass is 270 g/mol. The summed E-state index contributed by atoms with van der Waals surface area (Å²) in [6.45, 7) is 6.99. The van der Waals surface area contributed by atoms with Crippen molar-refractivity contribution in [1.29, 1.82) is 0 Å². The van der Waals surface area contributed by atoms with Crippen molar-refractivity contribution < 1.29 is 9.53 Å². The summed E-state index contributed by atoms with van der Waals surface area (Å²) in [6.07, 6.45) is 3.26. The summed E-state index contributed by atoms with van der Waals surface area (Å²) in [6, 6.07) is 0. The van der Waals surface area contributed by atoms with Gasteiger partial charge in [-0.05, 0) is 39.7 Å². The maximum absolute atomic E-state index is 11.9. The summed E-state index contributed by atoms with van der Waals surface area (Å²) in [5, 5.41) is 1.54. The Hall–Kier alpha value is -1.10. The predicted octanol–water partition coefficient (Wildman–Crippen LogP) is 2.48. The molecule has 0 unspecified atom stereocenters. The zero-order valence-electron chi connectivity index (χ0n) is 11.3. The molecule has 1 fully saturated rings. The highest BCUT2D eigenvalue weighted by molar-refractivity contribution is 7.79. The number of hydrogen-bond donors (Lipinski definition) is 1. The molecule has 1 amide bonds. The van der Waals surface area contributed by atoms with Crippen LogP contribution in [0.2, 0.25) is 0 Å². The van der Waals surface area contributed by atoms with Crippen LogP contribution in [0.3, 0.4) is 0 Å². The van der Waals surface area contributed by atoms with Gasteiger partial charge in [-0.15, -0.1) is 0 Å². The number of likely N-dealkylation sites (tertiary alicyclic amines) is 1. The summed E-state index contributed by atoms with van der Waals surface area (Å²) in [7, 11) is 0. The molecule has 0 aliphatic carbocycles. The van der Waals surface area contributed by atoms with Crippen LogP contribution in [0.1, 0.15) is 33.6 Å². The molecule has 102 valence electrons. The molecule has 2 N–H and O–H groups in total. The molecule has 1 aliphatic heterocycles. The minimum atomic E-state index is -0.440. The van der Waals surface area contributed by atoms with E-state index < -0.39 is 5.60 Å². The third-order valence-electron chi connectivity index (χ3n) is 2.88. The fourth-order valence-corrected chi connectivity index (χ4v) is 2.09. The van der Waals surface area contributed by atoms with Crippen molar-refractivity contribution in [3.05, 3.63) is 11.8 Å². The first-order valence-corrected chi connectivity index (χ1v) is 6.69. The standard InChI is InChI=1S/C13H22N2O2S/c1-13(2,3)17-12(16)15-7-4-10(5-8-15)11(14)6-9-18/h6,9-10H,4-5,7-8,14H2,1-3H3/b11-6-. The lowest BCUT2D eigenvalue weighted by Gasteiger charge is -2.33. The second-order valence-electron chi connectivity index (χ2n) is 5.54. The van der Waals surface area contributed by atoms with Gasteiger partial charge in [0.25, 0.3) is 0 Å². The quantitative estimate of drug-likeness (QED) is 0.618. The molecule has 1 saturated heterocycles. The number of thiocarbonyl (C=S) groups is 1. The topological polar surface area (TPSA) is 55.6 Å². The van der Waals surface area contributed by atoms with Crippen LogP contribution in [0.4, 0.5) is 4.79 Å². The van der Waals surface area contributed by atoms with E-state index in [4.69, 9.17) is 22.7 Å². The molecular weight excluding hydrogens is 248 g/mol. The Morgan fingerprint density at radius 2 is 1.94 bits per heavy atom. The molecule has 0 spiro atoms. The number of piperidine rings is 1. The molecule has 0 aromatic carbocycles. The second-order valence-corrected chi connectivity index (χ2v) is 5.82. The number of rotatable bonds is 2. The molecule has 1 rings (SSSR count). The number of amides is 1. The minimum absolute atomic E-state index is 0.238. The smallest absolute Gasteiger partial charge is 0.410 e. The molecule has 4 nitrogen and oxygen atoms in total. The van der Waals surface area contributed by atoms with Crippen LogP contribution in [0, 0.1) is 5.92 Å². The molecule has 1 heterocycles. The third kappa shape index (κ3) is 4.64. The van der Waals surface area contributed by atoms with Crippen molar-refractivity contribution in [1.82, 2.24) is 4.90 Å². The van der Waals surface area contributed by atoms with Gasteiger partial charge in [0.15, 0.2) is 0 Å². The Kier molecular flexibility index (Phi) is 5.14. The number of nitrogens with zero attached hydrogens (tertiary/aromatic N) is 1. The lowest BCUT2D eigenvalue weighted by atomic mass is 9.94. The fourth-order valence-electron chi connectivity index (χ4n) is 1.94. The van der Waals surface area contributed by atoms with Crippen molar-refractivity contribution >= 4 is 23.7 Å². The summed E-state index contributed by atoms with van der Waals surface area (Å²) in [5.74, 6) is 0.322. The van der Waals surface area contributed by atoms with Crippen LogP contribution in [-0.2, 0) is 4.74 Å². The summed E-state index contributed by atoms with van der Waals surface area (Å²) < 4.78 is 5.34. The highest BCUT2D eigenvalue weighted by Crippen LogP contribution is 2.23. The van der Waals surface area contributed by atoms with Crippen LogP contribution >= 0.6 is 12.2 Å². The van der Waals surface area contributed by atoms with Crippen LogP contribution < -0.4 is 5.73 Å². The molecule has 0 aromatic rings. The van der Waals surface area contributed by atoms with Crippen molar-refractivity contribution in [2.45, 2.75) is 39.2 Å². The van der Waals surface area contributed by atoms with Crippen molar-refractivity contribution in [2.24, 2.45) is 11.7 Å². The summed E-state index contributed by atoms with van der Waals surface area (Å²) in [5.41, 5.74) is 6.28. The van der Waals surface area contributed by atoms with Gasteiger partial charge in [0.2, 0.25) is 0 Å². The van der Waals surface area contributed by atoms with Crippen molar-refractivity contribution in [2.75, 3.05) is 13.1 Å². The van der Waals surface area contributed by atoms with E-state index in [9.17, 15) is 4.79 Å². The van der Waals surface area contributed by atoms with E-state index in [2.05, 4.69) is 0 Å². The maximum atomic E-state index is 11.9. The molecule has 1 aliphatic rings. The van der Waals surface area contributed by atoms with Crippen molar-refractivity contribution in [3.8, 4) is 0 Å². The number of nitrogens with two attached hydrogens (primary N) is 1. The number of carbonyl (C=O) groups excluding carboxylic acids is 1. The average molecular weight is 270 g/mol. The molecule has 0 saturated carbocycles. The molecule has 0 bridgehead atoms. The van der Waals surface area contributed by atoms with Gasteiger partial charge in [-0.3, -0.25) is 0 Å². The van der Waals surface area contributed by atoms with Gasteiger partial charge in [0, 0.05) is 30.1 Å². The van der Waals surface area contributed by atoms with Crippen LogP contribution in [0.5, 0.6) is 0 Å². The van der Waals surface area contributed by atoms with Crippen LogP contribution in [0.25, 0.3) is 0 Å². The first kappa shape index (κ1) is 15.0. The van der Waals surface area contributed by atoms with Gasteiger partial charge in [-0.1, -0.05) is 12.2 Å². The number of hydrogen-bond acceptors (Lipinski definition) is 4. The van der Waals surface area contributed by atoms with E-state index in [-0.39, 0.29) is 6.09 Å². The van der Waals surface area contributed by atoms with Gasteiger partial charge in [-0.25, -0.2) is 4.79 Å². The first-order chi connectivity index (χ1) is 8.33. The normalized spacial score (nSPS) is 18.6. The minimum Gasteiger partial charge on any atom is -0.444 e. The molecular formula is C13H22N2O2S. The predicted molar refractivity (Wildman–Crippen MR) is 76.5 cm³/mol. The lowest BCUT2D eigenvalue weighted by Crippen LogP contribution is -2.42. The Balaban J connectivity index is 2.47. The number of carbonyl (C=O) groups is 1. The Labute approximate surface area is 114 Å². The molecule has 5 heteroatoms. The van der Waals surface area contributed by atoms with Gasteiger partial charge in [0.05, 0.1) is 0 Å². The molecule has 18 heavy (non-hydrogen) atoms. The SMILES string of the molecule is CC(C)(C)OC(=O)N1CCC(/C(N)=C/C=S)CC1. The number of ether oxygens (including phenoxy) is 1. The highest BCUT2D eigenvalue weighted by Gasteiger charge is 2.27. The fraction of sp³-hybridized carbons (Fsp3) is 0.692. The van der Waals surface area contributed by atoms with E-state index in [0.717, 1.165) is 18.5 Å². The van der Waals surface area contributed by atoms with Gasteiger partial charge in [0.1, 0.15) is 5.60 Å². The zero-order valence-corrected chi connectivity index (χ0v) is 12.1. The van der Waals surface area contributed by atoms with Gasteiger partial charge >= 0.3 is 6.09 Å². The first-order valence-electron chi connectivity index (χ1n) is 6.22. The van der Waals surface area contributed by atoms with Gasteiger partial charge in [-0.2, -0.15) is 0 Å². The van der Waals surface area contributed by atoms with E-state index in [0.29, 0.717) is 19.0 Å². The largest absolute Gasteiger partial charge is 0.444 e. The number of allylic oxidation sites excluding steroid dienone is 2. The summed E-state index contributed by atoms with van der Waals surface area (Å²) in [4.78, 5) is 13.6. The third-order valence-corrected chi connectivity index (χ3v) is 3.01. The molecule has 0 radical (unpaired) electrons.